The number of pyridine rings is 1. The number of nitrogens with two attached hydrogens (primary N) is 1. The molecule has 0 spiro atoms. The fourth-order valence-electron chi connectivity index (χ4n) is 1.38. The lowest BCUT2D eigenvalue weighted by Gasteiger charge is -2.09. The zero-order valence-corrected chi connectivity index (χ0v) is 12.7. The summed E-state index contributed by atoms with van der Waals surface area (Å²) >= 11 is 3.15. The Hall–Kier alpha value is -1.56. The summed E-state index contributed by atoms with van der Waals surface area (Å²) < 4.78 is 32.0. The second kappa shape index (κ2) is 5.83. The van der Waals surface area contributed by atoms with Crippen LogP contribution in [0.1, 0.15) is 11.7 Å². The maximum Gasteiger partial charge on any atom is 0.244 e. The number of nitrogens with zero attached hydrogens (tertiary/aromatic N) is 3. The van der Waals surface area contributed by atoms with Crippen LogP contribution in [0.5, 0.6) is 0 Å². The molecule has 11 heteroatoms. The van der Waals surface area contributed by atoms with Gasteiger partial charge in [0.05, 0.1) is 6.54 Å². The Bertz CT molecular complexity index is 716. The number of sulfonamides is 1. The van der Waals surface area contributed by atoms with E-state index in [1.165, 1.54) is 12.3 Å². The first-order valence-electron chi connectivity index (χ1n) is 5.33. The largest absolute Gasteiger partial charge is 0.340 e. The number of hydrogen-bond donors (Lipinski definition) is 3. The first-order valence-corrected chi connectivity index (χ1v) is 7.61. The highest BCUT2D eigenvalue weighted by molar-refractivity contribution is 9.10. The van der Waals surface area contributed by atoms with E-state index in [1.54, 1.807) is 6.92 Å². The maximum absolute atomic E-state index is 12.2. The van der Waals surface area contributed by atoms with Gasteiger partial charge in [-0.3, -0.25) is 0 Å². The molecule has 0 radical (unpaired) electrons. The molecule has 9 nitrogen and oxygen atoms in total. The Morgan fingerprint density at radius 2 is 2.25 bits per heavy atom. The van der Waals surface area contributed by atoms with Gasteiger partial charge >= 0.3 is 0 Å². The fourth-order valence-corrected chi connectivity index (χ4v) is 2.99. The molecule has 108 valence electrons. The average Bonchev–Trinajstić information content (AvgIpc) is 2.82. The highest BCUT2D eigenvalue weighted by atomic mass is 79.9. The molecule has 2 heterocycles. The Balaban J connectivity index is 2.24. The molecule has 0 aliphatic heterocycles. The van der Waals surface area contributed by atoms with Crippen molar-refractivity contribution in [2.45, 2.75) is 18.4 Å². The third-order valence-electron chi connectivity index (χ3n) is 2.24. The Morgan fingerprint density at radius 3 is 2.85 bits per heavy atom. The molecule has 0 aromatic carbocycles. The minimum Gasteiger partial charge on any atom is -0.340 e. The number of hydrazine groups is 1. The van der Waals surface area contributed by atoms with E-state index in [-0.39, 0.29) is 23.1 Å². The molecule has 0 unspecified atom stereocenters. The molecule has 2 aromatic heterocycles. The van der Waals surface area contributed by atoms with E-state index >= 15 is 0 Å². The summed E-state index contributed by atoms with van der Waals surface area (Å²) in [5.41, 5.74) is 2.23. The van der Waals surface area contributed by atoms with Crippen LogP contribution in [0.4, 0.5) is 5.82 Å². The number of aryl methyl sites for hydroxylation is 1. The topological polar surface area (TPSA) is 136 Å². The molecule has 0 atom stereocenters. The normalized spacial score (nSPS) is 11.6. The van der Waals surface area contributed by atoms with Crippen molar-refractivity contribution in [3.63, 3.8) is 0 Å². The predicted molar refractivity (Wildman–Crippen MR) is 72.8 cm³/mol. The second-order valence-electron chi connectivity index (χ2n) is 3.70. The van der Waals surface area contributed by atoms with Gasteiger partial charge in [0.1, 0.15) is 4.90 Å². The van der Waals surface area contributed by atoms with Crippen molar-refractivity contribution >= 4 is 31.8 Å². The van der Waals surface area contributed by atoms with Gasteiger partial charge in [-0.25, -0.2) is 24.0 Å². The predicted octanol–water partition coefficient (Wildman–Crippen LogP) is 0.300. The number of nitrogens with one attached hydrogen (secondary N) is 2. The molecule has 0 aliphatic carbocycles. The first-order chi connectivity index (χ1) is 9.42. The van der Waals surface area contributed by atoms with Crippen molar-refractivity contribution in [2.24, 2.45) is 5.84 Å². The molecule has 0 bridgehead atoms. The standard InChI is InChI=1S/C9H11BrN6O3S/c1-5-14-8(16-19-5)4-13-20(17,18)7-2-6(10)3-12-9(7)15-11/h2-3,13H,4,11H2,1H3,(H,12,15). The highest BCUT2D eigenvalue weighted by Crippen LogP contribution is 2.22. The van der Waals surface area contributed by atoms with Crippen molar-refractivity contribution in [1.82, 2.24) is 19.8 Å². The van der Waals surface area contributed by atoms with Crippen molar-refractivity contribution in [2.75, 3.05) is 5.43 Å². The molecular formula is C9H11BrN6O3S. The molecule has 0 saturated heterocycles. The lowest BCUT2D eigenvalue weighted by molar-refractivity contribution is 0.387. The number of rotatable bonds is 5. The van der Waals surface area contributed by atoms with Crippen molar-refractivity contribution in [3.05, 3.63) is 28.5 Å². The monoisotopic (exact) mass is 362 g/mol. The third-order valence-corrected chi connectivity index (χ3v) is 4.08. The lowest BCUT2D eigenvalue weighted by Crippen LogP contribution is -2.26. The van der Waals surface area contributed by atoms with E-state index in [0.29, 0.717) is 10.4 Å². The van der Waals surface area contributed by atoms with Gasteiger partial charge in [0.15, 0.2) is 11.6 Å². The summed E-state index contributed by atoms with van der Waals surface area (Å²) in [6, 6.07) is 1.38. The summed E-state index contributed by atoms with van der Waals surface area (Å²) in [5, 5.41) is 3.59. The highest BCUT2D eigenvalue weighted by Gasteiger charge is 2.20. The van der Waals surface area contributed by atoms with E-state index < -0.39 is 10.0 Å². The van der Waals surface area contributed by atoms with Crippen LogP contribution < -0.4 is 16.0 Å². The van der Waals surface area contributed by atoms with Crippen molar-refractivity contribution in [3.8, 4) is 0 Å². The zero-order valence-electron chi connectivity index (χ0n) is 10.3. The molecule has 0 saturated carbocycles. The summed E-state index contributed by atoms with van der Waals surface area (Å²) in [6.45, 7) is 1.51. The number of hydrogen-bond acceptors (Lipinski definition) is 8. The average molecular weight is 363 g/mol. The Labute approximate surface area is 123 Å². The van der Waals surface area contributed by atoms with Crippen LogP contribution in [0, 0.1) is 6.92 Å². The van der Waals surface area contributed by atoms with Gasteiger partial charge in [0.2, 0.25) is 15.9 Å². The minimum absolute atomic E-state index is 0.0324. The van der Waals surface area contributed by atoms with Gasteiger partial charge in [0.25, 0.3) is 0 Å². The van der Waals surface area contributed by atoms with E-state index in [9.17, 15) is 8.42 Å². The van der Waals surface area contributed by atoms with E-state index in [1.807, 2.05) is 0 Å². The van der Waals surface area contributed by atoms with Crippen LogP contribution in [0.15, 0.2) is 26.2 Å². The molecular weight excluding hydrogens is 352 g/mol. The molecule has 4 N–H and O–H groups in total. The van der Waals surface area contributed by atoms with Gasteiger partial charge in [-0.1, -0.05) is 5.16 Å². The van der Waals surface area contributed by atoms with Gasteiger partial charge in [-0.15, -0.1) is 0 Å². The van der Waals surface area contributed by atoms with Crippen LogP contribution in [-0.2, 0) is 16.6 Å². The van der Waals surface area contributed by atoms with E-state index in [2.05, 4.69) is 41.2 Å². The number of nitrogen functional groups attached to an aromatic ring is 1. The van der Waals surface area contributed by atoms with Gasteiger partial charge in [0, 0.05) is 17.6 Å². The maximum atomic E-state index is 12.2. The van der Waals surface area contributed by atoms with Crippen LogP contribution >= 0.6 is 15.9 Å². The summed E-state index contributed by atoms with van der Waals surface area (Å²) in [6.07, 6.45) is 1.43. The summed E-state index contributed by atoms with van der Waals surface area (Å²) in [7, 11) is -3.82. The van der Waals surface area contributed by atoms with Gasteiger partial charge in [-0.05, 0) is 22.0 Å². The molecule has 2 aromatic rings. The Kier molecular flexibility index (Phi) is 4.32. The number of aromatic nitrogens is 3. The van der Waals surface area contributed by atoms with Crippen LogP contribution in [0.3, 0.4) is 0 Å². The SMILES string of the molecule is Cc1nc(CNS(=O)(=O)c2cc(Br)cnc2NN)no1. The fraction of sp³-hybridized carbons (Fsp3) is 0.222. The quantitative estimate of drug-likeness (QED) is 0.510. The van der Waals surface area contributed by atoms with Crippen molar-refractivity contribution < 1.29 is 12.9 Å². The van der Waals surface area contributed by atoms with Gasteiger partial charge < -0.3 is 9.95 Å². The lowest BCUT2D eigenvalue weighted by atomic mass is 10.5. The van der Waals surface area contributed by atoms with Gasteiger partial charge in [-0.2, -0.15) is 4.98 Å². The van der Waals surface area contributed by atoms with E-state index in [4.69, 9.17) is 10.4 Å². The van der Waals surface area contributed by atoms with Crippen molar-refractivity contribution in [1.29, 1.82) is 0 Å². The first kappa shape index (κ1) is 14.8. The molecule has 0 fully saturated rings. The zero-order chi connectivity index (χ0) is 14.8. The third kappa shape index (κ3) is 3.30. The minimum atomic E-state index is -3.82. The van der Waals surface area contributed by atoms with Crippen LogP contribution in [0.2, 0.25) is 0 Å². The number of halogens is 1. The van der Waals surface area contributed by atoms with Crippen LogP contribution in [0.25, 0.3) is 0 Å². The number of anilines is 1. The molecule has 0 aliphatic rings. The molecule has 0 amide bonds. The second-order valence-corrected chi connectivity index (χ2v) is 6.35. The summed E-state index contributed by atoms with van der Waals surface area (Å²) in [5.74, 6) is 5.87. The Morgan fingerprint density at radius 1 is 1.50 bits per heavy atom. The summed E-state index contributed by atoms with van der Waals surface area (Å²) in [4.78, 5) is 7.68. The van der Waals surface area contributed by atoms with E-state index in [0.717, 1.165) is 0 Å². The smallest absolute Gasteiger partial charge is 0.244 e. The molecule has 20 heavy (non-hydrogen) atoms. The molecule has 2 rings (SSSR count). The van der Waals surface area contributed by atoms with Crippen LogP contribution in [-0.4, -0.2) is 23.5 Å².